The van der Waals surface area contributed by atoms with E-state index in [1.165, 1.54) is 0 Å². The summed E-state index contributed by atoms with van der Waals surface area (Å²) in [6.07, 6.45) is 26.2. The first-order valence-electron chi connectivity index (χ1n) is 15.9. The predicted octanol–water partition coefficient (Wildman–Crippen LogP) is 8.91. The van der Waals surface area contributed by atoms with Crippen LogP contribution in [0.5, 0.6) is 0 Å². The molecule has 8 heteroatoms. The minimum Gasteiger partial charge on any atom is -0.355 e. The second-order valence-electron chi connectivity index (χ2n) is 11.8. The van der Waals surface area contributed by atoms with Gasteiger partial charge in [-0.05, 0) is 73.2 Å². The van der Waals surface area contributed by atoms with E-state index in [1.807, 2.05) is 49.2 Å². The van der Waals surface area contributed by atoms with Gasteiger partial charge in [0.1, 0.15) is 0 Å². The highest BCUT2D eigenvalue weighted by Crippen LogP contribution is 2.37. The molecule has 0 fully saturated rings. The third-order valence-electron chi connectivity index (χ3n) is 8.86. The van der Waals surface area contributed by atoms with Crippen LogP contribution in [0.4, 0.5) is 0 Å². The summed E-state index contributed by atoms with van der Waals surface area (Å²) >= 11 is 0. The summed E-state index contributed by atoms with van der Waals surface area (Å²) in [6, 6.07) is 20.5. The van der Waals surface area contributed by atoms with E-state index in [0.717, 1.165) is 90.2 Å². The zero-order valence-electron chi connectivity index (χ0n) is 25.7. The average Bonchev–Trinajstić information content (AvgIpc) is 3.98. The molecule has 0 aromatic carbocycles. The number of nitrogens with one attached hydrogen (secondary N) is 2. The van der Waals surface area contributed by atoms with E-state index in [1.54, 1.807) is 18.6 Å². The fourth-order valence-corrected chi connectivity index (χ4v) is 6.74. The molecule has 0 aliphatic carbocycles. The number of pyridine rings is 3. The van der Waals surface area contributed by atoms with Gasteiger partial charge >= 0.3 is 0 Å². The molecule has 48 heavy (non-hydrogen) atoms. The van der Waals surface area contributed by atoms with Crippen molar-refractivity contribution in [2.45, 2.75) is 12.3 Å². The predicted molar refractivity (Wildman–Crippen MR) is 194 cm³/mol. The van der Waals surface area contributed by atoms with Crippen LogP contribution in [0.2, 0.25) is 0 Å². The molecule has 1 atom stereocenters. The Balaban J connectivity index is 1.47. The number of aromatic amines is 2. The van der Waals surface area contributed by atoms with Crippen LogP contribution in [-0.2, 0) is 0 Å². The fraction of sp³-hybridized carbons (Fsp3) is 0.0500. The normalized spacial score (nSPS) is 14.9. The second-order valence-corrected chi connectivity index (χ2v) is 11.8. The Morgan fingerprint density at radius 1 is 0.521 bits per heavy atom. The maximum atomic E-state index is 5.31. The molecule has 9 rings (SSSR count). The number of aliphatic imine (C=N–C) groups is 1. The third-order valence-corrected chi connectivity index (χ3v) is 8.86. The summed E-state index contributed by atoms with van der Waals surface area (Å²) in [5, 5.41) is 0. The van der Waals surface area contributed by atoms with Crippen molar-refractivity contribution < 1.29 is 0 Å². The van der Waals surface area contributed by atoms with E-state index in [9.17, 15) is 0 Å². The number of aromatic nitrogens is 7. The standard InChI is InChI=1S/C40H28N8/c1-5-25(21-41-17-1)37-29-9-11-31(45-29)38(26-6-2-18-42-22-26)33-13-15-35(47-33)40(28-8-4-20-44-24-28)36-16-14-34(48-36)39(27-7-3-19-43-23-27)32-12-10-30(37)46-32/h1-7,9-24,28,45,48H,8H2. The van der Waals surface area contributed by atoms with Crippen LogP contribution < -0.4 is 0 Å². The monoisotopic (exact) mass is 620 g/mol. The first-order valence-corrected chi connectivity index (χ1v) is 15.9. The summed E-state index contributed by atoms with van der Waals surface area (Å²) in [7, 11) is 0. The van der Waals surface area contributed by atoms with Gasteiger partial charge < -0.3 is 9.97 Å². The molecule has 0 spiro atoms. The summed E-state index contributed by atoms with van der Waals surface area (Å²) in [5.74, 6) is 0.0456. The molecule has 228 valence electrons. The van der Waals surface area contributed by atoms with E-state index in [4.69, 9.17) is 9.97 Å². The van der Waals surface area contributed by atoms with Crippen LogP contribution in [0.3, 0.4) is 0 Å². The van der Waals surface area contributed by atoms with Crippen LogP contribution in [0.25, 0.3) is 79.8 Å². The van der Waals surface area contributed by atoms with Crippen molar-refractivity contribution >= 4 is 52.6 Å². The quantitative estimate of drug-likeness (QED) is 0.204. The van der Waals surface area contributed by atoms with Gasteiger partial charge in [-0.1, -0.05) is 24.3 Å². The molecule has 2 N–H and O–H groups in total. The Morgan fingerprint density at radius 2 is 0.979 bits per heavy atom. The smallest absolute Gasteiger partial charge is 0.0737 e. The molecule has 0 radical (unpaired) electrons. The molecule has 0 saturated heterocycles. The highest BCUT2D eigenvalue weighted by Gasteiger charge is 2.21. The van der Waals surface area contributed by atoms with Crippen molar-refractivity contribution in [2.75, 3.05) is 0 Å². The van der Waals surface area contributed by atoms with Crippen LogP contribution in [0.15, 0.2) is 115 Å². The lowest BCUT2D eigenvalue weighted by Gasteiger charge is -2.14. The van der Waals surface area contributed by atoms with E-state index < -0.39 is 0 Å². The summed E-state index contributed by atoms with van der Waals surface area (Å²) in [6.45, 7) is 0. The number of fused-ring (bicyclic) bond motifs is 8. The lowest BCUT2D eigenvalue weighted by atomic mass is 9.94. The minimum absolute atomic E-state index is 0.0456. The summed E-state index contributed by atoms with van der Waals surface area (Å²) < 4.78 is 0. The lowest BCUT2D eigenvalue weighted by Crippen LogP contribution is -2.04. The topological polar surface area (TPSA) is 108 Å². The van der Waals surface area contributed by atoms with Crippen molar-refractivity contribution in [3.63, 3.8) is 0 Å². The third kappa shape index (κ3) is 4.87. The number of hydrogen-bond acceptors (Lipinski definition) is 6. The van der Waals surface area contributed by atoms with Gasteiger partial charge in [-0.25, -0.2) is 9.97 Å². The Bertz CT molecular complexity index is 2430. The number of rotatable bonds is 4. The Labute approximate surface area is 276 Å². The van der Waals surface area contributed by atoms with Crippen LogP contribution in [0, 0.1) is 0 Å². The van der Waals surface area contributed by atoms with Gasteiger partial charge in [0.2, 0.25) is 0 Å². The van der Waals surface area contributed by atoms with Crippen LogP contribution in [0.1, 0.15) is 40.7 Å². The van der Waals surface area contributed by atoms with E-state index in [0.29, 0.717) is 0 Å². The van der Waals surface area contributed by atoms with Crippen molar-refractivity contribution in [3.8, 4) is 33.4 Å². The molecule has 6 aromatic heterocycles. The van der Waals surface area contributed by atoms with Crippen molar-refractivity contribution in [3.05, 3.63) is 138 Å². The first-order chi connectivity index (χ1) is 23.8. The number of H-pyrrole nitrogens is 2. The molecule has 9 heterocycles. The lowest BCUT2D eigenvalue weighted by molar-refractivity contribution is 0.906. The molecular formula is C40H28N8. The maximum absolute atomic E-state index is 5.31. The zero-order chi connectivity index (χ0) is 31.9. The van der Waals surface area contributed by atoms with Crippen LogP contribution in [-0.4, -0.2) is 41.1 Å². The number of hydrogen-bond donors (Lipinski definition) is 2. The molecule has 3 aliphatic rings. The zero-order valence-corrected chi connectivity index (χ0v) is 25.7. The van der Waals surface area contributed by atoms with Gasteiger partial charge in [0.25, 0.3) is 0 Å². The fourth-order valence-electron chi connectivity index (χ4n) is 6.74. The molecule has 8 nitrogen and oxygen atoms in total. The van der Waals surface area contributed by atoms with Crippen molar-refractivity contribution in [1.29, 1.82) is 0 Å². The largest absolute Gasteiger partial charge is 0.355 e. The Kier molecular flexibility index (Phi) is 6.75. The van der Waals surface area contributed by atoms with Gasteiger partial charge in [0.15, 0.2) is 0 Å². The van der Waals surface area contributed by atoms with Crippen molar-refractivity contribution in [1.82, 2.24) is 34.9 Å². The number of allylic oxidation sites excluding steroid dienone is 1. The number of nitrogens with zero attached hydrogens (tertiary/aromatic N) is 6. The molecule has 6 aromatic rings. The average molecular weight is 621 g/mol. The molecule has 0 amide bonds. The van der Waals surface area contributed by atoms with Gasteiger partial charge in [-0.3, -0.25) is 19.9 Å². The minimum atomic E-state index is 0.0456. The highest BCUT2D eigenvalue weighted by molar-refractivity contribution is 5.98. The summed E-state index contributed by atoms with van der Waals surface area (Å²) in [5.41, 5.74) is 14.0. The van der Waals surface area contributed by atoms with Crippen molar-refractivity contribution in [2.24, 2.45) is 4.99 Å². The van der Waals surface area contributed by atoms with E-state index >= 15 is 0 Å². The van der Waals surface area contributed by atoms with Gasteiger partial charge in [0.05, 0.1) is 22.8 Å². The molecule has 3 aliphatic heterocycles. The Hall–Kier alpha value is -6.54. The molecule has 0 saturated carbocycles. The Morgan fingerprint density at radius 3 is 1.44 bits per heavy atom. The summed E-state index contributed by atoms with van der Waals surface area (Å²) in [4.78, 5) is 36.0. The van der Waals surface area contributed by atoms with Gasteiger partial charge in [-0.2, -0.15) is 0 Å². The van der Waals surface area contributed by atoms with E-state index in [2.05, 4.69) is 103 Å². The van der Waals surface area contributed by atoms with Gasteiger partial charge in [0, 0.05) is 117 Å². The van der Waals surface area contributed by atoms with Gasteiger partial charge in [-0.15, -0.1) is 0 Å². The molecular weight excluding hydrogens is 592 g/mol. The van der Waals surface area contributed by atoms with E-state index in [-0.39, 0.29) is 5.92 Å². The maximum Gasteiger partial charge on any atom is 0.0737 e. The second kappa shape index (κ2) is 11.7. The highest BCUT2D eigenvalue weighted by atomic mass is 14.8. The van der Waals surface area contributed by atoms with Crippen LogP contribution >= 0.6 is 0 Å². The first kappa shape index (κ1) is 27.7. The molecule has 1 unspecified atom stereocenters. The molecule has 8 bridgehead atoms. The SMILES string of the molecule is C1=CN=CC(c2c3nc(c(-c4cccnc4)c4ccc([nH]4)c(-c4cccnc4)c4nc(c(-c5cccnc5)c5ccc2[nH]5)C=C4)C=C3)C1.